The van der Waals surface area contributed by atoms with E-state index < -0.39 is 0 Å². The maximum Gasteiger partial charge on any atom is 0.0820 e. The van der Waals surface area contributed by atoms with Gasteiger partial charge in [0.25, 0.3) is 0 Å². The number of nitrogens with one attached hydrogen (secondary N) is 1. The van der Waals surface area contributed by atoms with Crippen LogP contribution in [0.3, 0.4) is 0 Å². The third kappa shape index (κ3) is 3.05. The molecular weight excluding hydrogens is 207 g/mol. The van der Waals surface area contributed by atoms with E-state index in [1.165, 1.54) is 0 Å². The summed E-state index contributed by atoms with van der Waals surface area (Å²) in [6, 6.07) is 2.11. The number of rotatable bonds is 4. The Balaban J connectivity index is 2.67. The van der Waals surface area contributed by atoms with E-state index in [0.29, 0.717) is 10.9 Å². The summed E-state index contributed by atoms with van der Waals surface area (Å²) >= 11 is 11.7. The van der Waals surface area contributed by atoms with E-state index in [9.17, 15) is 0 Å². The van der Waals surface area contributed by atoms with Crippen LogP contribution in [-0.2, 0) is 0 Å². The van der Waals surface area contributed by atoms with Gasteiger partial charge in [0, 0.05) is 24.3 Å². The summed E-state index contributed by atoms with van der Waals surface area (Å²) in [5, 5.41) is 3.87. The highest BCUT2D eigenvalue weighted by molar-refractivity contribution is 6.33. The number of pyridine rings is 1. The normalized spacial score (nSPS) is 12.5. The largest absolute Gasteiger partial charge is 0.380 e. The number of aromatic nitrogens is 1. The smallest absolute Gasteiger partial charge is 0.0820 e. The zero-order valence-electron chi connectivity index (χ0n) is 7.43. The lowest BCUT2D eigenvalue weighted by atomic mass is 10.2. The van der Waals surface area contributed by atoms with Crippen LogP contribution < -0.4 is 5.32 Å². The van der Waals surface area contributed by atoms with Gasteiger partial charge in [-0.2, -0.15) is 0 Å². The number of alkyl halides is 1. The Morgan fingerprint density at radius 2 is 2.38 bits per heavy atom. The summed E-state index contributed by atoms with van der Waals surface area (Å²) in [7, 11) is 0. The quantitative estimate of drug-likeness (QED) is 0.786. The van der Waals surface area contributed by atoms with Crippen LogP contribution in [0.2, 0.25) is 5.02 Å². The molecule has 1 unspecified atom stereocenters. The molecule has 0 saturated heterocycles. The van der Waals surface area contributed by atoms with Crippen molar-refractivity contribution in [1.29, 1.82) is 0 Å². The van der Waals surface area contributed by atoms with E-state index in [-0.39, 0.29) is 6.04 Å². The number of halogens is 2. The van der Waals surface area contributed by atoms with Crippen LogP contribution in [0.1, 0.15) is 13.3 Å². The Labute approximate surface area is 88.3 Å². The Bertz CT molecular complexity index is 262. The second kappa shape index (κ2) is 5.30. The molecule has 0 spiro atoms. The second-order valence-corrected chi connectivity index (χ2v) is 3.48. The van der Waals surface area contributed by atoms with Crippen LogP contribution in [0.25, 0.3) is 0 Å². The molecule has 1 atom stereocenters. The molecule has 1 N–H and O–H groups in total. The van der Waals surface area contributed by atoms with Crippen molar-refractivity contribution in [2.24, 2.45) is 0 Å². The molecule has 0 aromatic carbocycles. The van der Waals surface area contributed by atoms with Gasteiger partial charge in [-0.1, -0.05) is 18.5 Å². The van der Waals surface area contributed by atoms with Gasteiger partial charge in [-0.25, -0.2) is 0 Å². The van der Waals surface area contributed by atoms with Crippen molar-refractivity contribution in [3.63, 3.8) is 0 Å². The van der Waals surface area contributed by atoms with Gasteiger partial charge >= 0.3 is 0 Å². The maximum absolute atomic E-state index is 5.91. The molecule has 0 radical (unpaired) electrons. The third-order valence-electron chi connectivity index (χ3n) is 1.81. The van der Waals surface area contributed by atoms with E-state index in [2.05, 4.69) is 17.2 Å². The summed E-state index contributed by atoms with van der Waals surface area (Å²) in [5.41, 5.74) is 0.893. The molecule has 0 saturated carbocycles. The van der Waals surface area contributed by atoms with Crippen molar-refractivity contribution < 1.29 is 0 Å². The monoisotopic (exact) mass is 218 g/mol. The van der Waals surface area contributed by atoms with Crippen LogP contribution in [0.5, 0.6) is 0 Å². The molecule has 0 fully saturated rings. The van der Waals surface area contributed by atoms with Crippen LogP contribution in [-0.4, -0.2) is 16.9 Å². The molecule has 1 rings (SSSR count). The number of anilines is 1. The van der Waals surface area contributed by atoms with Crippen LogP contribution in [0.4, 0.5) is 5.69 Å². The molecule has 72 valence electrons. The third-order valence-corrected chi connectivity index (χ3v) is 2.48. The van der Waals surface area contributed by atoms with E-state index >= 15 is 0 Å². The van der Waals surface area contributed by atoms with E-state index in [4.69, 9.17) is 23.2 Å². The van der Waals surface area contributed by atoms with Gasteiger partial charge in [-0.3, -0.25) is 4.98 Å². The number of hydrogen-bond donors (Lipinski definition) is 1. The van der Waals surface area contributed by atoms with Crippen molar-refractivity contribution in [3.05, 3.63) is 23.5 Å². The van der Waals surface area contributed by atoms with Crippen molar-refractivity contribution in [1.82, 2.24) is 4.98 Å². The summed E-state index contributed by atoms with van der Waals surface area (Å²) in [4.78, 5) is 3.90. The number of hydrogen-bond acceptors (Lipinski definition) is 2. The lowest BCUT2D eigenvalue weighted by Gasteiger charge is -2.15. The van der Waals surface area contributed by atoms with Crippen LogP contribution in [0, 0.1) is 0 Å². The molecule has 1 aromatic rings. The summed E-state index contributed by atoms with van der Waals surface area (Å²) in [6.45, 7) is 2.08. The SMILES string of the molecule is CCC(CCl)Nc1ccncc1Cl. The Morgan fingerprint density at radius 1 is 1.62 bits per heavy atom. The van der Waals surface area contributed by atoms with E-state index in [0.717, 1.165) is 12.1 Å². The molecule has 1 aromatic heterocycles. The van der Waals surface area contributed by atoms with Gasteiger partial charge in [-0.15, -0.1) is 11.6 Å². The lowest BCUT2D eigenvalue weighted by Crippen LogP contribution is -2.20. The topological polar surface area (TPSA) is 24.9 Å². The van der Waals surface area contributed by atoms with Gasteiger partial charge in [0.05, 0.1) is 10.7 Å². The van der Waals surface area contributed by atoms with Gasteiger partial charge in [0.2, 0.25) is 0 Å². The van der Waals surface area contributed by atoms with Crippen molar-refractivity contribution >= 4 is 28.9 Å². The van der Waals surface area contributed by atoms with Gasteiger partial charge in [0.15, 0.2) is 0 Å². The molecule has 1 heterocycles. The van der Waals surface area contributed by atoms with Crippen LogP contribution in [0.15, 0.2) is 18.5 Å². The van der Waals surface area contributed by atoms with Gasteiger partial charge in [-0.05, 0) is 12.5 Å². The molecule has 0 aliphatic carbocycles. The Morgan fingerprint density at radius 3 is 2.92 bits per heavy atom. The average Bonchev–Trinajstić information content (AvgIpc) is 2.17. The first-order valence-corrected chi connectivity index (χ1v) is 5.11. The minimum Gasteiger partial charge on any atom is -0.380 e. The highest BCUT2D eigenvalue weighted by Gasteiger charge is 2.05. The first-order chi connectivity index (χ1) is 6.27. The average molecular weight is 219 g/mol. The highest BCUT2D eigenvalue weighted by atomic mass is 35.5. The zero-order chi connectivity index (χ0) is 9.68. The van der Waals surface area contributed by atoms with Crippen molar-refractivity contribution in [2.45, 2.75) is 19.4 Å². The van der Waals surface area contributed by atoms with E-state index in [1.54, 1.807) is 12.4 Å². The molecule has 4 heteroatoms. The molecular formula is C9H12Cl2N2. The summed E-state index contributed by atoms with van der Waals surface area (Å²) in [5.74, 6) is 0.579. The molecule has 13 heavy (non-hydrogen) atoms. The second-order valence-electron chi connectivity index (χ2n) is 2.76. The summed E-state index contributed by atoms with van der Waals surface area (Å²) < 4.78 is 0. The number of nitrogens with zero attached hydrogens (tertiary/aromatic N) is 1. The Hall–Kier alpha value is -0.470. The molecule has 0 bridgehead atoms. The standard InChI is InChI=1S/C9H12Cl2N2/c1-2-7(5-10)13-9-3-4-12-6-8(9)11/h3-4,6-7H,2,5H2,1H3,(H,12,13). The zero-order valence-corrected chi connectivity index (χ0v) is 8.94. The maximum atomic E-state index is 5.91. The fourth-order valence-corrected chi connectivity index (χ4v) is 1.43. The van der Waals surface area contributed by atoms with Gasteiger partial charge in [0.1, 0.15) is 0 Å². The predicted octanol–water partition coefficient (Wildman–Crippen LogP) is 3.16. The minimum absolute atomic E-state index is 0.265. The summed E-state index contributed by atoms with van der Waals surface area (Å²) in [6.07, 6.45) is 4.29. The fourth-order valence-electron chi connectivity index (χ4n) is 0.962. The molecule has 2 nitrogen and oxygen atoms in total. The Kier molecular flexibility index (Phi) is 4.33. The lowest BCUT2D eigenvalue weighted by molar-refractivity contribution is 0.770. The van der Waals surface area contributed by atoms with Gasteiger partial charge < -0.3 is 5.32 Å². The van der Waals surface area contributed by atoms with Crippen LogP contribution >= 0.6 is 23.2 Å². The molecule has 0 amide bonds. The highest BCUT2D eigenvalue weighted by Crippen LogP contribution is 2.20. The molecule has 0 aliphatic heterocycles. The predicted molar refractivity (Wildman–Crippen MR) is 57.7 cm³/mol. The fraction of sp³-hybridized carbons (Fsp3) is 0.444. The van der Waals surface area contributed by atoms with Crippen molar-refractivity contribution in [2.75, 3.05) is 11.2 Å². The first kappa shape index (κ1) is 10.6. The van der Waals surface area contributed by atoms with E-state index in [1.807, 2.05) is 6.07 Å². The minimum atomic E-state index is 0.265. The first-order valence-electron chi connectivity index (χ1n) is 4.20. The molecule has 0 aliphatic rings. The van der Waals surface area contributed by atoms with Crippen molar-refractivity contribution in [3.8, 4) is 0 Å².